The second-order valence-corrected chi connectivity index (χ2v) is 7.45. The molecule has 0 unspecified atom stereocenters. The molecule has 0 aliphatic heterocycles. The van der Waals surface area contributed by atoms with E-state index in [0.29, 0.717) is 0 Å². The largest absolute Gasteiger partial charge is 0.341 e. The number of para-hydroxylation sites is 2. The molecule has 0 aliphatic rings. The van der Waals surface area contributed by atoms with Gasteiger partial charge in [0.2, 0.25) is 0 Å². The molecule has 0 saturated carbocycles. The Kier molecular flexibility index (Phi) is 4.02. The number of nitrogens with one attached hydrogen (secondary N) is 2. The maximum atomic E-state index is 4.53. The lowest BCUT2D eigenvalue weighted by molar-refractivity contribution is 0.677. The van der Waals surface area contributed by atoms with Gasteiger partial charge in [-0.25, -0.2) is 4.98 Å². The van der Waals surface area contributed by atoms with E-state index in [9.17, 15) is 0 Å². The van der Waals surface area contributed by atoms with Crippen LogP contribution in [0.15, 0.2) is 38.6 Å². The highest BCUT2D eigenvalue weighted by molar-refractivity contribution is 9.13. The fraction of sp³-hybridized carbons (Fsp3) is 0.154. The second-order valence-electron chi connectivity index (χ2n) is 4.14. The summed E-state index contributed by atoms with van der Waals surface area (Å²) in [6.45, 7) is 1.58. The summed E-state index contributed by atoms with van der Waals surface area (Å²) < 4.78 is 2.24. The molecular weight excluding hydrogens is 390 g/mol. The highest BCUT2D eigenvalue weighted by atomic mass is 79.9. The zero-order chi connectivity index (χ0) is 13.2. The molecule has 0 radical (unpaired) electrons. The summed E-state index contributed by atoms with van der Waals surface area (Å²) in [5, 5.41) is 3.39. The van der Waals surface area contributed by atoms with Gasteiger partial charge in [-0.3, -0.25) is 0 Å². The third-order valence-electron chi connectivity index (χ3n) is 2.73. The average molecular weight is 401 g/mol. The SMILES string of the molecule is Brc1cc(CNCc2nc3ccccc3[nH]2)sc1Br. The summed E-state index contributed by atoms with van der Waals surface area (Å²) in [4.78, 5) is 9.13. The van der Waals surface area contributed by atoms with Gasteiger partial charge < -0.3 is 10.3 Å². The van der Waals surface area contributed by atoms with Crippen LogP contribution in [-0.2, 0) is 13.1 Å². The number of hydrogen-bond donors (Lipinski definition) is 2. The first-order valence-corrected chi connectivity index (χ1v) is 8.20. The average Bonchev–Trinajstić information content (AvgIpc) is 2.93. The van der Waals surface area contributed by atoms with E-state index in [2.05, 4.69) is 53.2 Å². The van der Waals surface area contributed by atoms with Crippen LogP contribution in [0.3, 0.4) is 0 Å². The molecule has 0 saturated heterocycles. The van der Waals surface area contributed by atoms with Crippen LogP contribution in [0.1, 0.15) is 10.7 Å². The molecule has 3 nitrogen and oxygen atoms in total. The van der Waals surface area contributed by atoms with E-state index in [4.69, 9.17) is 0 Å². The van der Waals surface area contributed by atoms with Crippen LogP contribution >= 0.6 is 43.2 Å². The lowest BCUT2D eigenvalue weighted by atomic mass is 10.3. The molecule has 3 aromatic rings. The van der Waals surface area contributed by atoms with Crippen molar-refractivity contribution in [2.24, 2.45) is 0 Å². The molecule has 0 bridgehead atoms. The number of halogens is 2. The minimum absolute atomic E-state index is 0.738. The first-order valence-electron chi connectivity index (χ1n) is 5.80. The number of imidazole rings is 1. The Labute approximate surface area is 131 Å². The van der Waals surface area contributed by atoms with Crippen molar-refractivity contribution in [3.8, 4) is 0 Å². The molecule has 0 spiro atoms. The second kappa shape index (κ2) is 5.75. The maximum absolute atomic E-state index is 4.53. The zero-order valence-electron chi connectivity index (χ0n) is 9.91. The predicted molar refractivity (Wildman–Crippen MR) is 86.4 cm³/mol. The number of nitrogens with zero attached hydrogens (tertiary/aromatic N) is 1. The van der Waals surface area contributed by atoms with E-state index in [-0.39, 0.29) is 0 Å². The molecule has 19 heavy (non-hydrogen) atoms. The van der Waals surface area contributed by atoms with Gasteiger partial charge in [0, 0.05) is 15.9 Å². The summed E-state index contributed by atoms with van der Waals surface area (Å²) in [6, 6.07) is 10.2. The standard InChI is InChI=1S/C13H11Br2N3S/c14-9-5-8(19-13(9)15)6-16-7-12-17-10-3-1-2-4-11(10)18-12/h1-5,16H,6-7H2,(H,17,18). The number of fused-ring (bicyclic) bond motifs is 1. The number of rotatable bonds is 4. The molecule has 6 heteroatoms. The summed E-state index contributed by atoms with van der Waals surface area (Å²) in [5.41, 5.74) is 2.10. The van der Waals surface area contributed by atoms with Crippen LogP contribution in [0.25, 0.3) is 11.0 Å². The molecule has 0 atom stereocenters. The van der Waals surface area contributed by atoms with Crippen molar-refractivity contribution in [1.29, 1.82) is 0 Å². The monoisotopic (exact) mass is 399 g/mol. The quantitative estimate of drug-likeness (QED) is 0.679. The zero-order valence-corrected chi connectivity index (χ0v) is 13.9. The van der Waals surface area contributed by atoms with Gasteiger partial charge in [0.1, 0.15) is 5.82 Å². The van der Waals surface area contributed by atoms with Gasteiger partial charge in [-0.15, -0.1) is 11.3 Å². The molecular formula is C13H11Br2N3S. The number of aromatic nitrogens is 2. The lowest BCUT2D eigenvalue weighted by Crippen LogP contribution is -2.12. The normalized spacial score (nSPS) is 11.3. The molecule has 0 amide bonds. The predicted octanol–water partition coefficient (Wildman–Crippen LogP) is 4.44. The van der Waals surface area contributed by atoms with E-state index in [0.717, 1.165) is 38.2 Å². The number of benzene rings is 1. The van der Waals surface area contributed by atoms with E-state index in [1.54, 1.807) is 11.3 Å². The summed E-state index contributed by atoms with van der Waals surface area (Å²) in [7, 11) is 0. The van der Waals surface area contributed by atoms with Crippen molar-refractivity contribution < 1.29 is 0 Å². The van der Waals surface area contributed by atoms with Gasteiger partial charge in [-0.05, 0) is 50.1 Å². The molecule has 2 N–H and O–H groups in total. The topological polar surface area (TPSA) is 40.7 Å². The van der Waals surface area contributed by atoms with Crippen LogP contribution < -0.4 is 5.32 Å². The van der Waals surface area contributed by atoms with E-state index >= 15 is 0 Å². The molecule has 2 heterocycles. The van der Waals surface area contributed by atoms with Crippen molar-refractivity contribution >= 4 is 54.2 Å². The Balaban J connectivity index is 1.63. The van der Waals surface area contributed by atoms with Gasteiger partial charge in [0.15, 0.2) is 0 Å². The Morgan fingerprint density at radius 2 is 2.05 bits per heavy atom. The Morgan fingerprint density at radius 1 is 1.21 bits per heavy atom. The molecule has 0 aliphatic carbocycles. The Morgan fingerprint density at radius 3 is 2.79 bits per heavy atom. The third kappa shape index (κ3) is 3.08. The van der Waals surface area contributed by atoms with E-state index in [1.807, 2.05) is 24.3 Å². The van der Waals surface area contributed by atoms with Gasteiger partial charge in [-0.2, -0.15) is 0 Å². The maximum Gasteiger partial charge on any atom is 0.121 e. The smallest absolute Gasteiger partial charge is 0.121 e. The van der Waals surface area contributed by atoms with Gasteiger partial charge in [0.05, 0.1) is 21.4 Å². The molecule has 0 fully saturated rings. The van der Waals surface area contributed by atoms with Crippen LogP contribution in [0.5, 0.6) is 0 Å². The Bertz CT molecular complexity index is 652. The third-order valence-corrected chi connectivity index (χ3v) is 5.98. The summed E-state index contributed by atoms with van der Waals surface area (Å²) in [6.07, 6.45) is 0. The fourth-order valence-electron chi connectivity index (χ4n) is 1.87. The molecule has 3 rings (SSSR count). The van der Waals surface area contributed by atoms with Gasteiger partial charge >= 0.3 is 0 Å². The van der Waals surface area contributed by atoms with Crippen LogP contribution in [0.2, 0.25) is 0 Å². The van der Waals surface area contributed by atoms with Crippen molar-refractivity contribution in [3.63, 3.8) is 0 Å². The van der Waals surface area contributed by atoms with Gasteiger partial charge in [-0.1, -0.05) is 12.1 Å². The van der Waals surface area contributed by atoms with Crippen LogP contribution in [0, 0.1) is 0 Å². The van der Waals surface area contributed by atoms with Crippen LogP contribution in [-0.4, -0.2) is 9.97 Å². The first kappa shape index (κ1) is 13.3. The number of hydrogen-bond acceptors (Lipinski definition) is 3. The molecule has 1 aromatic carbocycles. The highest BCUT2D eigenvalue weighted by Gasteiger charge is 2.05. The van der Waals surface area contributed by atoms with Crippen LogP contribution in [0.4, 0.5) is 0 Å². The highest BCUT2D eigenvalue weighted by Crippen LogP contribution is 2.32. The minimum atomic E-state index is 0.738. The summed E-state index contributed by atoms with van der Waals surface area (Å²) in [5.74, 6) is 0.968. The van der Waals surface area contributed by atoms with Crippen molar-refractivity contribution in [3.05, 3.63) is 49.3 Å². The number of H-pyrrole nitrogens is 1. The van der Waals surface area contributed by atoms with Crippen molar-refractivity contribution in [2.45, 2.75) is 13.1 Å². The molecule has 2 aromatic heterocycles. The van der Waals surface area contributed by atoms with Crippen molar-refractivity contribution in [1.82, 2.24) is 15.3 Å². The summed E-state index contributed by atoms with van der Waals surface area (Å²) >= 11 is 8.73. The van der Waals surface area contributed by atoms with E-state index < -0.39 is 0 Å². The lowest BCUT2D eigenvalue weighted by Gasteiger charge is -1.99. The number of thiophene rings is 1. The van der Waals surface area contributed by atoms with E-state index in [1.165, 1.54) is 4.88 Å². The Hall–Kier alpha value is -0.690. The first-order chi connectivity index (χ1) is 9.22. The van der Waals surface area contributed by atoms with Crippen molar-refractivity contribution in [2.75, 3.05) is 0 Å². The minimum Gasteiger partial charge on any atom is -0.341 e. The fourth-order valence-corrected chi connectivity index (χ4v) is 4.02. The molecule has 98 valence electrons. The van der Waals surface area contributed by atoms with Gasteiger partial charge in [0.25, 0.3) is 0 Å². The number of aromatic amines is 1.